The van der Waals surface area contributed by atoms with Gasteiger partial charge in [0.05, 0.1) is 6.10 Å². The number of nitrogens with zero attached hydrogens (tertiary/aromatic N) is 1. The Bertz CT molecular complexity index is 324. The van der Waals surface area contributed by atoms with Gasteiger partial charge in [0.2, 0.25) is 0 Å². The number of hydrogen-bond donors (Lipinski definition) is 1. The average Bonchev–Trinajstić information content (AvgIpc) is 2.28. The van der Waals surface area contributed by atoms with Crippen molar-refractivity contribution in [3.8, 4) is 0 Å². The number of aromatic nitrogens is 1. The summed E-state index contributed by atoms with van der Waals surface area (Å²) in [5, 5.41) is 10.1. The predicted molar refractivity (Wildman–Crippen MR) is 60.8 cm³/mol. The molecular weight excluding hydrogens is 186 g/mol. The second kappa shape index (κ2) is 4.75. The van der Waals surface area contributed by atoms with E-state index in [-0.39, 0.29) is 12.0 Å². The summed E-state index contributed by atoms with van der Waals surface area (Å²) in [6.07, 6.45) is 6.97. The summed E-state index contributed by atoms with van der Waals surface area (Å²) in [6.45, 7) is 2.12. The molecule has 0 amide bonds. The molecule has 0 aromatic carbocycles. The van der Waals surface area contributed by atoms with Crippen molar-refractivity contribution in [3.05, 3.63) is 29.6 Å². The number of hydrogen-bond acceptors (Lipinski definition) is 2. The van der Waals surface area contributed by atoms with Gasteiger partial charge in [-0.3, -0.25) is 4.98 Å². The summed E-state index contributed by atoms with van der Waals surface area (Å²) >= 11 is 0. The van der Waals surface area contributed by atoms with E-state index in [2.05, 4.69) is 18.0 Å². The van der Waals surface area contributed by atoms with E-state index in [1.54, 1.807) is 0 Å². The average molecular weight is 205 g/mol. The van der Waals surface area contributed by atoms with Crippen LogP contribution in [0.4, 0.5) is 0 Å². The van der Waals surface area contributed by atoms with Crippen LogP contribution in [0.15, 0.2) is 18.3 Å². The third-order valence-electron chi connectivity index (χ3n) is 3.29. The molecule has 2 atom stereocenters. The van der Waals surface area contributed by atoms with Crippen LogP contribution in [0.25, 0.3) is 0 Å². The summed E-state index contributed by atoms with van der Waals surface area (Å²) < 4.78 is 0. The number of aryl methyl sites for hydroxylation is 1. The molecule has 2 rings (SSSR count). The van der Waals surface area contributed by atoms with Gasteiger partial charge in [-0.1, -0.05) is 19.4 Å². The van der Waals surface area contributed by atoms with Gasteiger partial charge >= 0.3 is 0 Å². The van der Waals surface area contributed by atoms with Crippen LogP contribution in [0.5, 0.6) is 0 Å². The quantitative estimate of drug-likeness (QED) is 0.823. The van der Waals surface area contributed by atoms with E-state index in [0.717, 1.165) is 31.4 Å². The molecular formula is C13H19NO. The van der Waals surface area contributed by atoms with E-state index in [1.165, 1.54) is 12.0 Å². The van der Waals surface area contributed by atoms with Crippen LogP contribution in [0.2, 0.25) is 0 Å². The molecule has 0 spiro atoms. The van der Waals surface area contributed by atoms with Gasteiger partial charge in [0.25, 0.3) is 0 Å². The molecule has 0 radical (unpaired) electrons. The molecule has 0 aliphatic heterocycles. The van der Waals surface area contributed by atoms with E-state index < -0.39 is 0 Å². The summed E-state index contributed by atoms with van der Waals surface area (Å²) in [6, 6.07) is 4.14. The largest absolute Gasteiger partial charge is 0.392 e. The molecule has 2 nitrogen and oxygen atoms in total. The molecule has 1 heterocycles. The Morgan fingerprint density at radius 2 is 2.47 bits per heavy atom. The number of fused-ring (bicyclic) bond motifs is 1. The molecule has 1 N–H and O–H groups in total. The Labute approximate surface area is 91.4 Å². The van der Waals surface area contributed by atoms with Crippen LogP contribution in [0.3, 0.4) is 0 Å². The minimum Gasteiger partial charge on any atom is -0.392 e. The van der Waals surface area contributed by atoms with Crippen molar-refractivity contribution in [2.45, 2.75) is 51.0 Å². The molecule has 1 aromatic heterocycles. The zero-order chi connectivity index (χ0) is 10.7. The van der Waals surface area contributed by atoms with Crippen molar-refractivity contribution < 1.29 is 5.11 Å². The SMILES string of the molecule is CCCC(O)C1CCCc2cccnc21. The number of aliphatic hydroxyl groups is 1. The van der Waals surface area contributed by atoms with Gasteiger partial charge in [-0.2, -0.15) is 0 Å². The van der Waals surface area contributed by atoms with Crippen molar-refractivity contribution in [1.82, 2.24) is 4.98 Å². The highest BCUT2D eigenvalue weighted by Gasteiger charge is 2.26. The lowest BCUT2D eigenvalue weighted by atomic mass is 9.82. The van der Waals surface area contributed by atoms with Gasteiger partial charge in [0.1, 0.15) is 0 Å². The Balaban J connectivity index is 2.21. The Morgan fingerprint density at radius 3 is 3.27 bits per heavy atom. The second-order valence-corrected chi connectivity index (χ2v) is 4.40. The van der Waals surface area contributed by atoms with Crippen LogP contribution in [0, 0.1) is 0 Å². The monoisotopic (exact) mass is 205 g/mol. The van der Waals surface area contributed by atoms with Gasteiger partial charge < -0.3 is 5.11 Å². The third-order valence-corrected chi connectivity index (χ3v) is 3.29. The van der Waals surface area contributed by atoms with E-state index in [4.69, 9.17) is 0 Å². The maximum Gasteiger partial charge on any atom is 0.0623 e. The fourth-order valence-corrected chi connectivity index (χ4v) is 2.52. The van der Waals surface area contributed by atoms with Crippen molar-refractivity contribution in [1.29, 1.82) is 0 Å². The first-order valence-electron chi connectivity index (χ1n) is 5.94. The van der Waals surface area contributed by atoms with Crippen molar-refractivity contribution >= 4 is 0 Å². The van der Waals surface area contributed by atoms with Crippen LogP contribution < -0.4 is 0 Å². The second-order valence-electron chi connectivity index (χ2n) is 4.40. The number of rotatable bonds is 3. The van der Waals surface area contributed by atoms with Gasteiger partial charge in [-0.15, -0.1) is 0 Å². The molecule has 2 heteroatoms. The Morgan fingerprint density at radius 1 is 1.60 bits per heavy atom. The summed E-state index contributed by atoms with van der Waals surface area (Å²) in [7, 11) is 0. The minimum atomic E-state index is -0.205. The summed E-state index contributed by atoms with van der Waals surface area (Å²) in [4.78, 5) is 4.44. The first-order valence-corrected chi connectivity index (χ1v) is 5.94. The topological polar surface area (TPSA) is 33.1 Å². The van der Waals surface area contributed by atoms with E-state index in [9.17, 15) is 5.11 Å². The lowest BCUT2D eigenvalue weighted by molar-refractivity contribution is 0.122. The lowest BCUT2D eigenvalue weighted by Gasteiger charge is -2.28. The highest BCUT2D eigenvalue weighted by atomic mass is 16.3. The van der Waals surface area contributed by atoms with Gasteiger partial charge in [-0.05, 0) is 37.3 Å². The molecule has 0 fully saturated rings. The highest BCUT2D eigenvalue weighted by Crippen LogP contribution is 2.33. The molecule has 2 unspecified atom stereocenters. The zero-order valence-electron chi connectivity index (χ0n) is 9.32. The maximum atomic E-state index is 10.1. The number of aliphatic hydroxyl groups excluding tert-OH is 1. The molecule has 0 saturated carbocycles. The fourth-order valence-electron chi connectivity index (χ4n) is 2.52. The van der Waals surface area contributed by atoms with E-state index >= 15 is 0 Å². The van der Waals surface area contributed by atoms with Gasteiger partial charge in [0, 0.05) is 17.8 Å². The minimum absolute atomic E-state index is 0.205. The number of pyridine rings is 1. The molecule has 1 aliphatic rings. The van der Waals surface area contributed by atoms with Gasteiger partial charge in [0.15, 0.2) is 0 Å². The van der Waals surface area contributed by atoms with E-state index in [0.29, 0.717) is 0 Å². The molecule has 1 aliphatic carbocycles. The van der Waals surface area contributed by atoms with Crippen molar-refractivity contribution in [2.24, 2.45) is 0 Å². The molecule has 1 aromatic rings. The predicted octanol–water partition coefficient (Wildman–Crippen LogP) is 2.66. The molecule has 0 saturated heterocycles. The van der Waals surface area contributed by atoms with E-state index in [1.807, 2.05) is 12.3 Å². The zero-order valence-corrected chi connectivity index (χ0v) is 9.32. The van der Waals surface area contributed by atoms with Gasteiger partial charge in [-0.25, -0.2) is 0 Å². The smallest absolute Gasteiger partial charge is 0.0623 e. The molecule has 0 bridgehead atoms. The maximum absolute atomic E-state index is 10.1. The van der Waals surface area contributed by atoms with Crippen LogP contribution >= 0.6 is 0 Å². The van der Waals surface area contributed by atoms with Crippen LogP contribution in [0.1, 0.15) is 49.8 Å². The lowest BCUT2D eigenvalue weighted by Crippen LogP contribution is -2.23. The Kier molecular flexibility index (Phi) is 3.37. The van der Waals surface area contributed by atoms with Crippen LogP contribution in [-0.2, 0) is 6.42 Å². The third kappa shape index (κ3) is 2.20. The van der Waals surface area contributed by atoms with Crippen molar-refractivity contribution in [3.63, 3.8) is 0 Å². The standard InChI is InChI=1S/C13H19NO/c1-2-5-12(15)11-8-3-6-10-7-4-9-14-13(10)11/h4,7,9,11-12,15H,2-3,5-6,8H2,1H3. The fraction of sp³-hybridized carbons (Fsp3) is 0.615. The molecule has 82 valence electrons. The first-order chi connectivity index (χ1) is 7.33. The first kappa shape index (κ1) is 10.6. The Hall–Kier alpha value is -0.890. The summed E-state index contributed by atoms with van der Waals surface area (Å²) in [5.41, 5.74) is 2.48. The van der Waals surface area contributed by atoms with Crippen molar-refractivity contribution in [2.75, 3.05) is 0 Å². The highest BCUT2D eigenvalue weighted by molar-refractivity contribution is 5.26. The van der Waals surface area contributed by atoms with Crippen LogP contribution in [-0.4, -0.2) is 16.2 Å². The normalized spacial score (nSPS) is 22.1. The molecule has 15 heavy (non-hydrogen) atoms. The summed E-state index contributed by atoms with van der Waals surface area (Å²) in [5.74, 6) is 0.273.